The van der Waals surface area contributed by atoms with Crippen LogP contribution in [0.25, 0.3) is 0 Å². The van der Waals surface area contributed by atoms with Gasteiger partial charge in [-0.1, -0.05) is 57.5 Å². The molecule has 0 heterocycles. The molecule has 6 nitrogen and oxygen atoms in total. The van der Waals surface area contributed by atoms with Gasteiger partial charge in [0.05, 0.1) is 22.2 Å². The third-order valence-electron chi connectivity index (χ3n) is 3.61. The molecular formula is C20H19BrFNO5. The molecule has 3 atom stereocenters. The first-order chi connectivity index (χ1) is 13.5. The largest absolute Gasteiger partial charge is 0.461 e. The Morgan fingerprint density at radius 3 is 2.11 bits per heavy atom. The summed E-state index contributed by atoms with van der Waals surface area (Å²) in [5.74, 6) is -1.28. The summed E-state index contributed by atoms with van der Waals surface area (Å²) in [6.45, 7) is -0.221. The Morgan fingerprint density at radius 2 is 1.57 bits per heavy atom. The lowest BCUT2D eigenvalue weighted by molar-refractivity contribution is 0.00846. The summed E-state index contributed by atoms with van der Waals surface area (Å²) in [6, 6.07) is 16.5. The minimum atomic E-state index is -1.78. The van der Waals surface area contributed by atoms with Crippen molar-refractivity contribution in [3.05, 3.63) is 71.8 Å². The van der Waals surface area contributed by atoms with Crippen LogP contribution in [-0.2, 0) is 14.3 Å². The van der Waals surface area contributed by atoms with E-state index in [1.54, 1.807) is 60.7 Å². The van der Waals surface area contributed by atoms with Crippen LogP contribution in [-0.4, -0.2) is 49.0 Å². The molecule has 0 aliphatic carbocycles. The molecule has 0 aliphatic heterocycles. The number of hydrogen-bond donors (Lipinski definition) is 0. The highest BCUT2D eigenvalue weighted by molar-refractivity contribution is 9.09. The van der Waals surface area contributed by atoms with Crippen LogP contribution in [0.15, 0.2) is 65.8 Å². The summed E-state index contributed by atoms with van der Waals surface area (Å²) in [5.41, 5.74) is 0.627. The molecular weight excluding hydrogens is 433 g/mol. The number of esters is 2. The number of carbonyl (C=O) groups is 2. The second-order valence-corrected chi connectivity index (χ2v) is 6.77. The lowest BCUT2D eigenvalue weighted by Crippen LogP contribution is -2.39. The minimum absolute atomic E-state index is 0.221. The molecule has 0 spiro atoms. The molecule has 0 unspecified atom stereocenters. The van der Waals surface area contributed by atoms with Crippen molar-refractivity contribution in [2.24, 2.45) is 5.16 Å². The Hall–Kier alpha value is -2.74. The summed E-state index contributed by atoms with van der Waals surface area (Å²) >= 11 is 3.24. The zero-order valence-corrected chi connectivity index (χ0v) is 16.6. The number of alkyl halides is 2. The fraction of sp³-hybridized carbons (Fsp3) is 0.250. The van der Waals surface area contributed by atoms with Crippen LogP contribution in [0.3, 0.4) is 0 Å². The van der Waals surface area contributed by atoms with E-state index in [4.69, 9.17) is 9.47 Å². The zero-order valence-electron chi connectivity index (χ0n) is 15.0. The third-order valence-corrected chi connectivity index (χ3v) is 4.40. The molecule has 8 heteroatoms. The summed E-state index contributed by atoms with van der Waals surface area (Å²) in [4.78, 5) is 28.0. The molecule has 0 fully saturated rings. The first-order valence-corrected chi connectivity index (χ1v) is 9.27. The Bertz CT molecular complexity index is 788. The van der Waals surface area contributed by atoms with E-state index in [0.717, 1.165) is 6.21 Å². The van der Waals surface area contributed by atoms with Crippen molar-refractivity contribution in [3.63, 3.8) is 0 Å². The summed E-state index contributed by atoms with van der Waals surface area (Å²) < 4.78 is 25.0. The van der Waals surface area contributed by atoms with E-state index in [-0.39, 0.29) is 12.2 Å². The number of rotatable bonds is 9. The molecule has 148 valence electrons. The fourth-order valence-electron chi connectivity index (χ4n) is 2.22. The van der Waals surface area contributed by atoms with Crippen molar-refractivity contribution in [2.75, 3.05) is 13.7 Å². The molecule has 2 rings (SSSR count). The Morgan fingerprint density at radius 1 is 1.04 bits per heavy atom. The minimum Gasteiger partial charge on any atom is -0.461 e. The first-order valence-electron chi connectivity index (χ1n) is 8.36. The van der Waals surface area contributed by atoms with Crippen molar-refractivity contribution in [1.82, 2.24) is 0 Å². The highest BCUT2D eigenvalue weighted by Crippen LogP contribution is 2.19. The van der Waals surface area contributed by atoms with E-state index < -0.39 is 29.0 Å². The van der Waals surface area contributed by atoms with Gasteiger partial charge in [0.25, 0.3) is 0 Å². The van der Waals surface area contributed by atoms with E-state index in [2.05, 4.69) is 25.9 Å². The van der Waals surface area contributed by atoms with Crippen LogP contribution in [0, 0.1) is 0 Å². The summed E-state index contributed by atoms with van der Waals surface area (Å²) in [7, 11) is 1.27. The molecule has 0 aliphatic rings. The van der Waals surface area contributed by atoms with Crippen LogP contribution in [0.5, 0.6) is 0 Å². The lowest BCUT2D eigenvalue weighted by atomic mass is 10.1. The molecule has 2 aromatic carbocycles. The maximum atomic E-state index is 14.6. The van der Waals surface area contributed by atoms with Gasteiger partial charge in [0.15, 0.2) is 12.3 Å². The van der Waals surface area contributed by atoms with Gasteiger partial charge in [0, 0.05) is 0 Å². The van der Waals surface area contributed by atoms with Crippen molar-refractivity contribution in [3.8, 4) is 0 Å². The molecule has 0 bridgehead atoms. The molecule has 0 saturated heterocycles. The van der Waals surface area contributed by atoms with Gasteiger partial charge in [-0.2, -0.15) is 0 Å². The van der Waals surface area contributed by atoms with E-state index in [9.17, 15) is 14.0 Å². The average molecular weight is 452 g/mol. The number of halogens is 2. The monoisotopic (exact) mass is 451 g/mol. The topological polar surface area (TPSA) is 74.2 Å². The number of ether oxygens (including phenoxy) is 2. The van der Waals surface area contributed by atoms with Crippen molar-refractivity contribution in [1.29, 1.82) is 0 Å². The van der Waals surface area contributed by atoms with Gasteiger partial charge in [-0.05, 0) is 24.3 Å². The maximum Gasteiger partial charge on any atom is 0.338 e. The highest BCUT2D eigenvalue weighted by atomic mass is 79.9. The molecule has 0 saturated carbocycles. The molecule has 0 radical (unpaired) electrons. The van der Waals surface area contributed by atoms with Gasteiger partial charge in [-0.15, -0.1) is 0 Å². The van der Waals surface area contributed by atoms with Crippen LogP contribution in [0.2, 0.25) is 0 Å². The van der Waals surface area contributed by atoms with Gasteiger partial charge in [-0.25, -0.2) is 14.0 Å². The normalized spacial score (nSPS) is 14.1. The van der Waals surface area contributed by atoms with Crippen molar-refractivity contribution < 1.29 is 28.3 Å². The van der Waals surface area contributed by atoms with Gasteiger partial charge in [-0.3, -0.25) is 0 Å². The van der Waals surface area contributed by atoms with Crippen LogP contribution < -0.4 is 0 Å². The first kappa shape index (κ1) is 21.6. The Kier molecular flexibility index (Phi) is 8.61. The van der Waals surface area contributed by atoms with Gasteiger partial charge in [0.1, 0.15) is 13.7 Å². The summed E-state index contributed by atoms with van der Waals surface area (Å²) in [6.07, 6.45) is -2.21. The third kappa shape index (κ3) is 6.45. The Labute approximate surface area is 170 Å². The number of benzene rings is 2. The Balaban J connectivity index is 2.05. The molecule has 0 N–H and O–H groups in total. The van der Waals surface area contributed by atoms with E-state index in [1.165, 1.54) is 7.11 Å². The average Bonchev–Trinajstić information content (AvgIpc) is 2.74. The number of nitrogens with zero attached hydrogens (tertiary/aromatic N) is 1. The van der Waals surface area contributed by atoms with Gasteiger partial charge in [0.2, 0.25) is 0 Å². The van der Waals surface area contributed by atoms with E-state index in [0.29, 0.717) is 5.56 Å². The molecule has 0 aromatic heterocycles. The van der Waals surface area contributed by atoms with Crippen LogP contribution in [0.4, 0.5) is 4.39 Å². The zero-order chi connectivity index (χ0) is 20.4. The molecule has 28 heavy (non-hydrogen) atoms. The molecule has 0 amide bonds. The number of oxime groups is 1. The van der Waals surface area contributed by atoms with Gasteiger partial charge < -0.3 is 14.3 Å². The second kappa shape index (κ2) is 11.2. The van der Waals surface area contributed by atoms with E-state index >= 15 is 0 Å². The maximum absolute atomic E-state index is 14.6. The number of carbonyl (C=O) groups excluding carboxylic acids is 2. The van der Waals surface area contributed by atoms with Crippen molar-refractivity contribution in [2.45, 2.75) is 17.1 Å². The second-order valence-electron chi connectivity index (χ2n) is 5.60. The summed E-state index contributed by atoms with van der Waals surface area (Å²) in [5, 5.41) is 3.38. The molecule has 2 aromatic rings. The fourth-order valence-corrected chi connectivity index (χ4v) is 2.75. The quantitative estimate of drug-likeness (QED) is 0.251. The van der Waals surface area contributed by atoms with Crippen LogP contribution in [0.1, 0.15) is 20.7 Å². The van der Waals surface area contributed by atoms with Crippen LogP contribution >= 0.6 is 15.9 Å². The highest BCUT2D eigenvalue weighted by Gasteiger charge is 2.32. The smallest absolute Gasteiger partial charge is 0.338 e. The number of hydrogen-bond acceptors (Lipinski definition) is 6. The lowest BCUT2D eigenvalue weighted by Gasteiger charge is -2.24. The SMILES string of the molecule is CO/N=C/[C@@H](F)[C@H](OC(=O)c1ccccc1)[C@H](Br)COC(=O)c1ccccc1. The predicted octanol–water partition coefficient (Wildman–Crippen LogP) is 3.80. The van der Waals surface area contributed by atoms with Crippen molar-refractivity contribution >= 4 is 34.1 Å². The van der Waals surface area contributed by atoms with Gasteiger partial charge >= 0.3 is 11.9 Å². The predicted molar refractivity (Wildman–Crippen MR) is 105 cm³/mol. The van der Waals surface area contributed by atoms with E-state index in [1.807, 2.05) is 0 Å². The standard InChI is InChI=1S/C20H19BrFNO5/c1-26-23-12-17(22)18(28-20(25)15-10-6-3-7-11-15)16(21)13-27-19(24)14-8-4-2-5-9-14/h2-12,16-18H,13H2,1H3/b23-12+/t16-,17-,18-/m1/s1.